The van der Waals surface area contributed by atoms with Crippen LogP contribution in [0.25, 0.3) is 0 Å². The molecule has 0 rings (SSSR count). The molecule has 0 saturated carbocycles. The normalized spacial score (nSPS) is 14.3. The number of unbranched alkanes of at least 4 members (excludes halogenated alkanes) is 10. The summed E-state index contributed by atoms with van der Waals surface area (Å²) in [6.45, 7) is 4.43. The highest BCUT2D eigenvalue weighted by molar-refractivity contribution is 8.07. The predicted molar refractivity (Wildman–Crippen MR) is 97.6 cm³/mol. The molecule has 0 N–H and O–H groups in total. The standard InChI is InChI=1S/C17H36O2S2/c1-3-5-7-9-11-13-15-20(18)17-21(19)16-14-12-10-8-6-4-2/h3-17H2,1-2H3. The minimum absolute atomic E-state index is 0.407. The number of rotatable bonds is 16. The highest BCUT2D eigenvalue weighted by atomic mass is 32.3. The van der Waals surface area contributed by atoms with Gasteiger partial charge >= 0.3 is 0 Å². The van der Waals surface area contributed by atoms with Crippen molar-refractivity contribution in [3.8, 4) is 0 Å². The van der Waals surface area contributed by atoms with E-state index in [-0.39, 0.29) is 0 Å². The number of hydrogen-bond acceptors (Lipinski definition) is 2. The van der Waals surface area contributed by atoms with Gasteiger partial charge in [-0.1, -0.05) is 65.2 Å². The van der Waals surface area contributed by atoms with Gasteiger partial charge in [-0.3, -0.25) is 0 Å². The molecule has 0 spiro atoms. The molecule has 2 nitrogen and oxygen atoms in total. The molecule has 2 atom stereocenters. The lowest BCUT2D eigenvalue weighted by molar-refractivity contribution is 0.575. The largest absolute Gasteiger partial charge is 0.613 e. The summed E-state index contributed by atoms with van der Waals surface area (Å²) in [5, 5.41) is 0.407. The fourth-order valence-electron chi connectivity index (χ4n) is 2.35. The number of hydrogen-bond donors (Lipinski definition) is 0. The first-order valence-corrected chi connectivity index (χ1v) is 11.9. The van der Waals surface area contributed by atoms with Crippen LogP contribution in [0.5, 0.6) is 0 Å². The Labute approximate surface area is 139 Å². The van der Waals surface area contributed by atoms with Gasteiger partial charge in [0.15, 0.2) is 0 Å². The van der Waals surface area contributed by atoms with Crippen LogP contribution in [0.15, 0.2) is 0 Å². The quantitative estimate of drug-likeness (QED) is 0.288. The Balaban J connectivity index is 3.33. The van der Waals surface area contributed by atoms with Crippen molar-refractivity contribution in [1.29, 1.82) is 0 Å². The summed E-state index contributed by atoms with van der Waals surface area (Å²) in [5.74, 6) is 1.49. The maximum atomic E-state index is 11.8. The van der Waals surface area contributed by atoms with E-state index in [2.05, 4.69) is 13.8 Å². The zero-order valence-corrected chi connectivity index (χ0v) is 15.9. The van der Waals surface area contributed by atoms with Crippen LogP contribution < -0.4 is 0 Å². The molecule has 0 fully saturated rings. The minimum atomic E-state index is -0.868. The fraction of sp³-hybridized carbons (Fsp3) is 1.00. The van der Waals surface area contributed by atoms with Crippen LogP contribution in [0.3, 0.4) is 0 Å². The van der Waals surface area contributed by atoms with Gasteiger partial charge in [-0.2, -0.15) is 0 Å². The third-order valence-electron chi connectivity index (χ3n) is 3.71. The Morgan fingerprint density at radius 1 is 0.524 bits per heavy atom. The molecule has 0 aliphatic rings. The fourth-order valence-corrected chi connectivity index (χ4v) is 5.52. The van der Waals surface area contributed by atoms with Gasteiger partial charge in [0.05, 0.1) is 0 Å². The van der Waals surface area contributed by atoms with Crippen LogP contribution >= 0.6 is 0 Å². The molecule has 0 aromatic carbocycles. The molecular formula is C17H36O2S2. The van der Waals surface area contributed by atoms with E-state index < -0.39 is 22.4 Å². The van der Waals surface area contributed by atoms with Crippen molar-refractivity contribution in [1.82, 2.24) is 0 Å². The van der Waals surface area contributed by atoms with Crippen molar-refractivity contribution in [2.45, 2.75) is 90.9 Å². The van der Waals surface area contributed by atoms with Gasteiger partial charge in [0.1, 0.15) is 11.5 Å². The van der Waals surface area contributed by atoms with E-state index >= 15 is 0 Å². The summed E-state index contributed by atoms with van der Waals surface area (Å²) in [7, 11) is 0. The van der Waals surface area contributed by atoms with E-state index in [9.17, 15) is 9.11 Å². The Hall–Kier alpha value is 0.620. The molecule has 0 aromatic rings. The first-order chi connectivity index (χ1) is 10.2. The van der Waals surface area contributed by atoms with Gasteiger partial charge in [-0.25, -0.2) is 0 Å². The molecular weight excluding hydrogens is 300 g/mol. The van der Waals surface area contributed by atoms with Gasteiger partial charge in [-0.05, 0) is 48.0 Å². The summed E-state index contributed by atoms with van der Waals surface area (Å²) in [4.78, 5) is 0. The van der Waals surface area contributed by atoms with Gasteiger partial charge in [-0.15, -0.1) is 0 Å². The van der Waals surface area contributed by atoms with E-state index in [0.717, 1.165) is 24.3 Å². The smallest absolute Gasteiger partial charge is 0.253 e. The molecule has 0 amide bonds. The van der Waals surface area contributed by atoms with E-state index in [4.69, 9.17) is 0 Å². The predicted octanol–water partition coefficient (Wildman–Crippen LogP) is 5.16. The first-order valence-electron chi connectivity index (χ1n) is 8.90. The van der Waals surface area contributed by atoms with Gasteiger partial charge in [0, 0.05) is 0 Å². The highest BCUT2D eigenvalue weighted by Gasteiger charge is 2.15. The maximum Gasteiger partial charge on any atom is 0.253 e. The van der Waals surface area contributed by atoms with Crippen molar-refractivity contribution >= 4 is 22.4 Å². The third kappa shape index (κ3) is 16.8. The summed E-state index contributed by atoms with van der Waals surface area (Å²) in [6, 6.07) is 0. The molecule has 0 heterocycles. The molecule has 0 aliphatic carbocycles. The maximum absolute atomic E-state index is 11.8. The van der Waals surface area contributed by atoms with Crippen molar-refractivity contribution in [3.63, 3.8) is 0 Å². The zero-order valence-electron chi connectivity index (χ0n) is 14.2. The Morgan fingerprint density at radius 3 is 1.24 bits per heavy atom. The van der Waals surface area contributed by atoms with Crippen LogP contribution in [0, 0.1) is 0 Å². The molecule has 0 bridgehead atoms. The van der Waals surface area contributed by atoms with Gasteiger partial charge < -0.3 is 9.11 Å². The van der Waals surface area contributed by atoms with Crippen LogP contribution in [0.1, 0.15) is 90.9 Å². The third-order valence-corrected chi connectivity index (χ3v) is 7.31. The van der Waals surface area contributed by atoms with E-state index in [1.54, 1.807) is 0 Å². The zero-order chi connectivity index (χ0) is 15.8. The van der Waals surface area contributed by atoms with E-state index in [1.165, 1.54) is 64.2 Å². The lowest BCUT2D eigenvalue weighted by atomic mass is 10.1. The first kappa shape index (κ1) is 21.6. The lowest BCUT2D eigenvalue weighted by Crippen LogP contribution is -2.21. The van der Waals surface area contributed by atoms with Crippen molar-refractivity contribution < 1.29 is 9.11 Å². The second-order valence-corrected chi connectivity index (χ2v) is 9.46. The summed E-state index contributed by atoms with van der Waals surface area (Å²) in [5.41, 5.74) is 0. The average molecular weight is 337 g/mol. The summed E-state index contributed by atoms with van der Waals surface area (Å²) < 4.78 is 23.7. The van der Waals surface area contributed by atoms with E-state index in [1.807, 2.05) is 0 Å². The molecule has 0 aromatic heterocycles. The van der Waals surface area contributed by atoms with Gasteiger partial charge in [0.2, 0.25) is 0 Å². The van der Waals surface area contributed by atoms with Crippen molar-refractivity contribution in [3.05, 3.63) is 0 Å². The molecule has 128 valence electrons. The molecule has 2 unspecified atom stereocenters. The monoisotopic (exact) mass is 336 g/mol. The van der Waals surface area contributed by atoms with Crippen molar-refractivity contribution in [2.24, 2.45) is 0 Å². The van der Waals surface area contributed by atoms with E-state index in [0.29, 0.717) is 5.08 Å². The molecule has 0 aliphatic heterocycles. The Kier molecular flexibility index (Phi) is 17.5. The topological polar surface area (TPSA) is 46.1 Å². The SMILES string of the molecule is CCCCCCCC[S+]([O-])C[S+]([O-])CCCCCCCC. The minimum Gasteiger partial charge on any atom is -0.613 e. The summed E-state index contributed by atoms with van der Waals surface area (Å²) >= 11 is -1.74. The van der Waals surface area contributed by atoms with Gasteiger partial charge in [0.25, 0.3) is 5.08 Å². The molecule has 0 saturated heterocycles. The second-order valence-electron chi connectivity index (χ2n) is 5.94. The summed E-state index contributed by atoms with van der Waals surface area (Å²) in [6.07, 6.45) is 14.7. The molecule has 4 heteroatoms. The molecule has 21 heavy (non-hydrogen) atoms. The van der Waals surface area contributed by atoms with Crippen molar-refractivity contribution in [2.75, 3.05) is 16.6 Å². The average Bonchev–Trinajstić information content (AvgIpc) is 2.46. The van der Waals surface area contributed by atoms with Crippen LogP contribution in [0.2, 0.25) is 0 Å². The second kappa shape index (κ2) is 17.0. The lowest BCUT2D eigenvalue weighted by Gasteiger charge is -2.14. The molecule has 0 radical (unpaired) electrons. The van der Waals surface area contributed by atoms with Crippen LogP contribution in [-0.2, 0) is 22.4 Å². The Morgan fingerprint density at radius 2 is 0.857 bits per heavy atom. The highest BCUT2D eigenvalue weighted by Crippen LogP contribution is 2.10. The Bertz CT molecular complexity index is 183. The van der Waals surface area contributed by atoms with Crippen LogP contribution in [0.4, 0.5) is 0 Å². The van der Waals surface area contributed by atoms with Crippen LogP contribution in [-0.4, -0.2) is 25.7 Å².